The molecule has 116 valence electrons. The van der Waals surface area contributed by atoms with Crippen LogP contribution in [0.25, 0.3) is 0 Å². The molecule has 0 aromatic rings. The SMILES string of the molecule is CC(C)=CCC/C(C)=C/CC/C(C)=C/CO[Si](C)(C)C. The normalized spacial score (nSPS) is 13.6. The minimum atomic E-state index is -1.36. The van der Waals surface area contributed by atoms with E-state index in [0.717, 1.165) is 19.4 Å². The van der Waals surface area contributed by atoms with Crippen LogP contribution in [0.3, 0.4) is 0 Å². The van der Waals surface area contributed by atoms with E-state index in [1.54, 1.807) is 0 Å². The fourth-order valence-electron chi connectivity index (χ4n) is 1.77. The summed E-state index contributed by atoms with van der Waals surface area (Å²) in [5.74, 6) is 0. The molecule has 0 aliphatic rings. The predicted octanol–water partition coefficient (Wildman–Crippen LogP) is 6.26. The first-order valence-corrected chi connectivity index (χ1v) is 11.2. The monoisotopic (exact) mass is 294 g/mol. The molecular weight excluding hydrogens is 260 g/mol. The summed E-state index contributed by atoms with van der Waals surface area (Å²) in [4.78, 5) is 0. The fourth-order valence-corrected chi connectivity index (χ4v) is 2.36. The molecule has 0 saturated carbocycles. The molecule has 0 radical (unpaired) electrons. The summed E-state index contributed by atoms with van der Waals surface area (Å²) >= 11 is 0. The van der Waals surface area contributed by atoms with Crippen LogP contribution in [0.15, 0.2) is 34.9 Å². The number of rotatable bonds is 9. The Bertz CT molecular complexity index is 352. The second kappa shape index (κ2) is 10.2. The summed E-state index contributed by atoms with van der Waals surface area (Å²) in [5.41, 5.74) is 4.37. The Balaban J connectivity index is 3.91. The molecule has 0 aromatic carbocycles. The molecule has 0 heterocycles. The maximum atomic E-state index is 5.84. The van der Waals surface area contributed by atoms with Crippen molar-refractivity contribution in [3.63, 3.8) is 0 Å². The van der Waals surface area contributed by atoms with Crippen molar-refractivity contribution in [2.24, 2.45) is 0 Å². The van der Waals surface area contributed by atoms with Crippen LogP contribution in [0.1, 0.15) is 53.4 Å². The highest BCUT2D eigenvalue weighted by Crippen LogP contribution is 2.11. The van der Waals surface area contributed by atoms with Crippen molar-refractivity contribution in [2.75, 3.05) is 6.61 Å². The largest absolute Gasteiger partial charge is 0.414 e. The Morgan fingerprint density at radius 2 is 1.30 bits per heavy atom. The van der Waals surface area contributed by atoms with Crippen molar-refractivity contribution in [3.8, 4) is 0 Å². The summed E-state index contributed by atoms with van der Waals surface area (Å²) in [6.07, 6.45) is 11.6. The van der Waals surface area contributed by atoms with Crippen LogP contribution in [-0.2, 0) is 4.43 Å². The van der Waals surface area contributed by atoms with Gasteiger partial charge in [0.25, 0.3) is 0 Å². The van der Waals surface area contributed by atoms with Crippen LogP contribution >= 0.6 is 0 Å². The van der Waals surface area contributed by atoms with Gasteiger partial charge in [-0.1, -0.05) is 34.9 Å². The molecular formula is C18H34OSi. The summed E-state index contributed by atoms with van der Waals surface area (Å²) in [7, 11) is -1.36. The van der Waals surface area contributed by atoms with E-state index < -0.39 is 8.32 Å². The van der Waals surface area contributed by atoms with Gasteiger partial charge in [0, 0.05) is 0 Å². The summed E-state index contributed by atoms with van der Waals surface area (Å²) in [5, 5.41) is 0. The smallest absolute Gasteiger partial charge is 0.184 e. The van der Waals surface area contributed by atoms with E-state index in [0.29, 0.717) is 0 Å². The van der Waals surface area contributed by atoms with Crippen LogP contribution in [0.5, 0.6) is 0 Å². The minimum Gasteiger partial charge on any atom is -0.414 e. The van der Waals surface area contributed by atoms with Gasteiger partial charge in [-0.15, -0.1) is 0 Å². The van der Waals surface area contributed by atoms with Crippen molar-refractivity contribution in [2.45, 2.75) is 73.0 Å². The van der Waals surface area contributed by atoms with Gasteiger partial charge in [0.15, 0.2) is 8.32 Å². The molecule has 1 nitrogen and oxygen atoms in total. The van der Waals surface area contributed by atoms with Gasteiger partial charge in [0.2, 0.25) is 0 Å². The Labute approximate surface area is 127 Å². The van der Waals surface area contributed by atoms with E-state index in [1.165, 1.54) is 29.6 Å². The molecule has 0 aliphatic carbocycles. The van der Waals surface area contributed by atoms with Crippen LogP contribution < -0.4 is 0 Å². The van der Waals surface area contributed by atoms with Crippen LogP contribution in [0.2, 0.25) is 19.6 Å². The van der Waals surface area contributed by atoms with Crippen molar-refractivity contribution >= 4 is 8.32 Å². The quantitative estimate of drug-likeness (QED) is 0.360. The molecule has 0 bridgehead atoms. The van der Waals surface area contributed by atoms with Crippen LogP contribution in [-0.4, -0.2) is 14.9 Å². The van der Waals surface area contributed by atoms with E-state index in [2.05, 4.69) is 65.6 Å². The summed E-state index contributed by atoms with van der Waals surface area (Å²) in [6, 6.07) is 0. The number of hydrogen-bond donors (Lipinski definition) is 0. The first-order chi connectivity index (χ1) is 9.20. The first-order valence-electron chi connectivity index (χ1n) is 7.79. The fraction of sp³-hybridized carbons (Fsp3) is 0.667. The maximum Gasteiger partial charge on any atom is 0.184 e. The maximum absolute atomic E-state index is 5.84. The standard InChI is InChI=1S/C18H34OSi/c1-16(2)10-8-11-17(3)12-9-13-18(4)14-15-19-20(5,6)7/h10,12,14H,8-9,11,13,15H2,1-7H3/b17-12+,18-14+. The highest BCUT2D eigenvalue weighted by molar-refractivity contribution is 6.69. The van der Waals surface area contributed by atoms with Gasteiger partial charge >= 0.3 is 0 Å². The third-order valence-electron chi connectivity index (χ3n) is 3.07. The molecule has 0 N–H and O–H groups in total. The highest BCUT2D eigenvalue weighted by Gasteiger charge is 2.12. The van der Waals surface area contributed by atoms with E-state index >= 15 is 0 Å². The van der Waals surface area contributed by atoms with Crippen molar-refractivity contribution in [1.29, 1.82) is 0 Å². The Morgan fingerprint density at radius 3 is 1.80 bits per heavy atom. The topological polar surface area (TPSA) is 9.23 Å². The number of allylic oxidation sites excluding steroid dienone is 5. The van der Waals surface area contributed by atoms with Crippen LogP contribution in [0.4, 0.5) is 0 Å². The molecule has 20 heavy (non-hydrogen) atoms. The van der Waals surface area contributed by atoms with Gasteiger partial charge < -0.3 is 4.43 Å². The third kappa shape index (κ3) is 13.8. The zero-order chi connectivity index (χ0) is 15.6. The molecule has 0 unspecified atom stereocenters. The van der Waals surface area contributed by atoms with E-state index in [4.69, 9.17) is 4.43 Å². The average Bonchev–Trinajstić information content (AvgIpc) is 2.26. The third-order valence-corrected chi connectivity index (χ3v) is 4.10. The predicted molar refractivity (Wildman–Crippen MR) is 94.7 cm³/mol. The lowest BCUT2D eigenvalue weighted by Crippen LogP contribution is -2.25. The summed E-state index contributed by atoms with van der Waals surface area (Å²) in [6.45, 7) is 16.3. The summed E-state index contributed by atoms with van der Waals surface area (Å²) < 4.78 is 5.84. The van der Waals surface area contributed by atoms with Crippen LogP contribution in [0, 0.1) is 0 Å². The second-order valence-electron chi connectivity index (χ2n) is 6.88. The Kier molecular flexibility index (Phi) is 9.86. The molecule has 0 saturated heterocycles. The minimum absolute atomic E-state index is 0.783. The van der Waals surface area contributed by atoms with Gasteiger partial charge in [0.1, 0.15) is 0 Å². The van der Waals surface area contributed by atoms with Crippen molar-refractivity contribution < 1.29 is 4.43 Å². The van der Waals surface area contributed by atoms with Gasteiger partial charge in [-0.25, -0.2) is 0 Å². The molecule has 0 rings (SSSR count). The Hall–Kier alpha value is -0.603. The number of hydrogen-bond acceptors (Lipinski definition) is 1. The lowest BCUT2D eigenvalue weighted by molar-refractivity contribution is 0.356. The van der Waals surface area contributed by atoms with Crippen molar-refractivity contribution in [3.05, 3.63) is 34.9 Å². The molecule has 0 spiro atoms. The molecule has 0 aliphatic heterocycles. The lowest BCUT2D eigenvalue weighted by Gasteiger charge is -2.15. The zero-order valence-corrected chi connectivity index (χ0v) is 15.7. The van der Waals surface area contributed by atoms with Crippen molar-refractivity contribution in [1.82, 2.24) is 0 Å². The average molecular weight is 295 g/mol. The molecule has 0 fully saturated rings. The lowest BCUT2D eigenvalue weighted by atomic mass is 10.1. The first kappa shape index (κ1) is 19.4. The molecule has 0 amide bonds. The molecule has 0 aromatic heterocycles. The van der Waals surface area contributed by atoms with E-state index in [1.807, 2.05) is 0 Å². The molecule has 2 heteroatoms. The van der Waals surface area contributed by atoms with Gasteiger partial charge in [-0.2, -0.15) is 0 Å². The van der Waals surface area contributed by atoms with E-state index in [-0.39, 0.29) is 0 Å². The molecule has 0 atom stereocenters. The zero-order valence-electron chi connectivity index (χ0n) is 14.7. The second-order valence-corrected chi connectivity index (χ2v) is 11.4. The van der Waals surface area contributed by atoms with Gasteiger partial charge in [-0.05, 0) is 73.0 Å². The van der Waals surface area contributed by atoms with Gasteiger partial charge in [-0.3, -0.25) is 0 Å². The Morgan fingerprint density at radius 1 is 0.800 bits per heavy atom. The van der Waals surface area contributed by atoms with E-state index in [9.17, 15) is 0 Å². The van der Waals surface area contributed by atoms with Gasteiger partial charge in [0.05, 0.1) is 6.61 Å². The highest BCUT2D eigenvalue weighted by atomic mass is 28.4.